The minimum absolute atomic E-state index is 0.213. The van der Waals surface area contributed by atoms with Gasteiger partial charge in [0.15, 0.2) is 0 Å². The van der Waals surface area contributed by atoms with Gasteiger partial charge in [0, 0.05) is 24.6 Å². The largest absolute Gasteiger partial charge is 0.316 e. The molecule has 0 unspecified atom stereocenters. The van der Waals surface area contributed by atoms with Gasteiger partial charge in [0.2, 0.25) is 0 Å². The second kappa shape index (κ2) is 1.73. The van der Waals surface area contributed by atoms with Gasteiger partial charge in [-0.2, -0.15) is 0 Å². The molecule has 0 atom stereocenters. The Hall–Kier alpha value is -1.19. The number of nitrogens with zero attached hydrogens (tertiary/aromatic N) is 3. The Morgan fingerprint density at radius 3 is 2.88 bits per heavy atom. The molecule has 1 rings (SSSR count). The SMILES string of the molecule is Cn1ccnc1N=O. The summed E-state index contributed by atoms with van der Waals surface area (Å²) in [6, 6.07) is 0. The summed E-state index contributed by atoms with van der Waals surface area (Å²) in [5, 5.41) is 2.63. The van der Waals surface area contributed by atoms with Crippen molar-refractivity contribution in [2.75, 3.05) is 0 Å². The van der Waals surface area contributed by atoms with Crippen molar-refractivity contribution in [3.05, 3.63) is 17.3 Å². The van der Waals surface area contributed by atoms with E-state index in [0.717, 1.165) is 0 Å². The Bertz CT molecular complexity index is 193. The van der Waals surface area contributed by atoms with Crippen LogP contribution in [0, 0.1) is 4.91 Å². The molecule has 0 radical (unpaired) electrons. The molecule has 0 spiro atoms. The Morgan fingerprint density at radius 1 is 1.88 bits per heavy atom. The van der Waals surface area contributed by atoms with E-state index in [1.54, 1.807) is 17.8 Å². The zero-order chi connectivity index (χ0) is 5.98. The van der Waals surface area contributed by atoms with E-state index in [-0.39, 0.29) is 5.95 Å². The van der Waals surface area contributed by atoms with Gasteiger partial charge in [-0.25, -0.2) is 4.98 Å². The van der Waals surface area contributed by atoms with Crippen LogP contribution in [0.5, 0.6) is 0 Å². The third-order valence-electron chi connectivity index (χ3n) is 0.877. The second-order valence-corrected chi connectivity index (χ2v) is 1.43. The van der Waals surface area contributed by atoms with E-state index in [1.807, 2.05) is 0 Å². The maximum atomic E-state index is 9.76. The fourth-order valence-electron chi connectivity index (χ4n) is 0.446. The molecule has 0 bridgehead atoms. The first-order chi connectivity index (χ1) is 3.84. The van der Waals surface area contributed by atoms with Crippen LogP contribution in [-0.4, -0.2) is 9.55 Å². The average molecular weight is 111 g/mol. The molecule has 0 aliphatic rings. The number of aromatic nitrogens is 2. The first-order valence-corrected chi connectivity index (χ1v) is 2.15. The summed E-state index contributed by atoms with van der Waals surface area (Å²) in [4.78, 5) is 13.4. The molecule has 1 aromatic heterocycles. The molecule has 42 valence electrons. The van der Waals surface area contributed by atoms with Crippen LogP contribution in [0.3, 0.4) is 0 Å². The van der Waals surface area contributed by atoms with E-state index in [0.29, 0.717) is 0 Å². The second-order valence-electron chi connectivity index (χ2n) is 1.43. The highest BCUT2D eigenvalue weighted by Crippen LogP contribution is 2.02. The predicted octanol–water partition coefficient (Wildman–Crippen LogP) is 0.818. The lowest BCUT2D eigenvalue weighted by molar-refractivity contribution is 0.909. The Balaban J connectivity index is 3.09. The molecule has 0 saturated heterocycles. The summed E-state index contributed by atoms with van der Waals surface area (Å²) in [5.74, 6) is 0.213. The third-order valence-corrected chi connectivity index (χ3v) is 0.877. The summed E-state index contributed by atoms with van der Waals surface area (Å²) in [6.45, 7) is 0. The lowest BCUT2D eigenvalue weighted by Gasteiger charge is -1.84. The third kappa shape index (κ3) is 0.598. The quantitative estimate of drug-likeness (QED) is 0.503. The van der Waals surface area contributed by atoms with Crippen LogP contribution in [0.2, 0.25) is 0 Å². The molecule has 4 nitrogen and oxygen atoms in total. The average Bonchev–Trinajstić information content (AvgIpc) is 2.14. The van der Waals surface area contributed by atoms with Gasteiger partial charge in [0.1, 0.15) is 0 Å². The number of hydrogen-bond acceptors (Lipinski definition) is 3. The van der Waals surface area contributed by atoms with Crippen molar-refractivity contribution in [3.8, 4) is 0 Å². The number of nitroso groups, excluding NO2 is 1. The van der Waals surface area contributed by atoms with Crippen molar-refractivity contribution in [1.82, 2.24) is 9.55 Å². The summed E-state index contributed by atoms with van der Waals surface area (Å²) < 4.78 is 1.55. The highest BCUT2D eigenvalue weighted by molar-refractivity contribution is 5.14. The highest BCUT2D eigenvalue weighted by atomic mass is 16.3. The number of aryl methyl sites for hydroxylation is 1. The zero-order valence-corrected chi connectivity index (χ0v) is 4.40. The molecule has 0 aliphatic carbocycles. The molecule has 0 N–H and O–H groups in total. The molecular weight excluding hydrogens is 106 g/mol. The van der Waals surface area contributed by atoms with Gasteiger partial charge in [-0.15, -0.1) is 4.91 Å². The minimum atomic E-state index is 0.213. The Kier molecular flexibility index (Phi) is 1.07. The molecule has 1 aromatic rings. The lowest BCUT2D eigenvalue weighted by atomic mass is 10.9. The maximum Gasteiger partial charge on any atom is 0.271 e. The van der Waals surface area contributed by atoms with Crippen molar-refractivity contribution in [1.29, 1.82) is 0 Å². The molecule has 0 aromatic carbocycles. The predicted molar refractivity (Wildman–Crippen MR) is 28.7 cm³/mol. The van der Waals surface area contributed by atoms with E-state index in [9.17, 15) is 4.91 Å². The van der Waals surface area contributed by atoms with Gasteiger partial charge in [0.25, 0.3) is 5.95 Å². The molecule has 0 fully saturated rings. The highest BCUT2D eigenvalue weighted by Gasteiger charge is 1.92. The van der Waals surface area contributed by atoms with Crippen LogP contribution in [0.4, 0.5) is 5.95 Å². The van der Waals surface area contributed by atoms with Crippen molar-refractivity contribution in [2.24, 2.45) is 12.2 Å². The fourth-order valence-corrected chi connectivity index (χ4v) is 0.446. The lowest BCUT2D eigenvalue weighted by Crippen LogP contribution is -1.81. The van der Waals surface area contributed by atoms with Crippen molar-refractivity contribution in [3.63, 3.8) is 0 Å². The van der Waals surface area contributed by atoms with Crippen LogP contribution in [0.15, 0.2) is 17.6 Å². The number of imidazole rings is 1. The maximum absolute atomic E-state index is 9.76. The number of rotatable bonds is 1. The van der Waals surface area contributed by atoms with Crippen molar-refractivity contribution >= 4 is 5.95 Å². The van der Waals surface area contributed by atoms with Crippen LogP contribution in [-0.2, 0) is 7.05 Å². The van der Waals surface area contributed by atoms with Crippen LogP contribution >= 0.6 is 0 Å². The molecule has 1 heterocycles. The smallest absolute Gasteiger partial charge is 0.271 e. The van der Waals surface area contributed by atoms with E-state index < -0.39 is 0 Å². The fraction of sp³-hybridized carbons (Fsp3) is 0.250. The molecule has 8 heavy (non-hydrogen) atoms. The van der Waals surface area contributed by atoms with Gasteiger partial charge in [-0.1, -0.05) is 0 Å². The van der Waals surface area contributed by atoms with E-state index in [4.69, 9.17) is 0 Å². The molecule has 0 saturated carbocycles. The summed E-state index contributed by atoms with van der Waals surface area (Å²) in [6.07, 6.45) is 3.19. The van der Waals surface area contributed by atoms with Gasteiger partial charge in [-0.05, 0) is 0 Å². The van der Waals surface area contributed by atoms with Crippen molar-refractivity contribution < 1.29 is 0 Å². The topological polar surface area (TPSA) is 47.2 Å². The Morgan fingerprint density at radius 2 is 2.62 bits per heavy atom. The molecule has 0 amide bonds. The first-order valence-electron chi connectivity index (χ1n) is 2.15. The molecule has 0 aliphatic heterocycles. The van der Waals surface area contributed by atoms with Gasteiger partial charge in [0.05, 0.1) is 0 Å². The van der Waals surface area contributed by atoms with Crippen LogP contribution in [0.1, 0.15) is 0 Å². The normalized spacial score (nSPS) is 9.12. The van der Waals surface area contributed by atoms with E-state index in [1.165, 1.54) is 6.20 Å². The monoisotopic (exact) mass is 111 g/mol. The minimum Gasteiger partial charge on any atom is -0.316 e. The number of hydrogen-bond donors (Lipinski definition) is 0. The molecule has 4 heteroatoms. The van der Waals surface area contributed by atoms with Crippen LogP contribution < -0.4 is 0 Å². The first kappa shape index (κ1) is 4.96. The standard InChI is InChI=1S/C4H5N3O/c1-7-3-2-5-4(7)6-8/h2-3H,1H3. The summed E-state index contributed by atoms with van der Waals surface area (Å²) in [5.41, 5.74) is 0. The zero-order valence-electron chi connectivity index (χ0n) is 4.40. The van der Waals surface area contributed by atoms with Gasteiger partial charge >= 0.3 is 0 Å². The van der Waals surface area contributed by atoms with E-state index >= 15 is 0 Å². The summed E-state index contributed by atoms with van der Waals surface area (Å²) in [7, 11) is 1.71. The van der Waals surface area contributed by atoms with Gasteiger partial charge < -0.3 is 4.57 Å². The van der Waals surface area contributed by atoms with Crippen LogP contribution in [0.25, 0.3) is 0 Å². The van der Waals surface area contributed by atoms with Crippen molar-refractivity contribution in [2.45, 2.75) is 0 Å². The van der Waals surface area contributed by atoms with Gasteiger partial charge in [-0.3, -0.25) is 0 Å². The van der Waals surface area contributed by atoms with E-state index in [2.05, 4.69) is 10.2 Å². The molecular formula is C4H5N3O. The Labute approximate surface area is 46.1 Å². The summed E-state index contributed by atoms with van der Waals surface area (Å²) >= 11 is 0.